The highest BCUT2D eigenvalue weighted by molar-refractivity contribution is 5.79. The number of amides is 1. The molecule has 0 radical (unpaired) electrons. The van der Waals surface area contributed by atoms with Crippen molar-refractivity contribution in [3.63, 3.8) is 0 Å². The van der Waals surface area contributed by atoms with Crippen LogP contribution in [0.2, 0.25) is 0 Å². The van der Waals surface area contributed by atoms with Crippen LogP contribution in [0.5, 0.6) is 0 Å². The van der Waals surface area contributed by atoms with Crippen LogP contribution in [-0.2, 0) is 17.8 Å². The number of hydrogen-bond acceptors (Lipinski definition) is 2. The fourth-order valence-electron chi connectivity index (χ4n) is 3.37. The lowest BCUT2D eigenvalue weighted by atomic mass is 10.0. The molecule has 1 aromatic heterocycles. The SMILES string of the molecule is O=C(C1CCCC1)N(CCc1ccccc1F)Cc1cccnc1. The highest BCUT2D eigenvalue weighted by Crippen LogP contribution is 2.27. The van der Waals surface area contributed by atoms with Crippen molar-refractivity contribution in [2.24, 2.45) is 5.92 Å². The van der Waals surface area contributed by atoms with E-state index in [0.717, 1.165) is 31.2 Å². The van der Waals surface area contributed by atoms with Crippen molar-refractivity contribution in [1.29, 1.82) is 0 Å². The third-order valence-electron chi connectivity index (χ3n) is 4.72. The summed E-state index contributed by atoms with van der Waals surface area (Å²) in [6.07, 6.45) is 8.26. The summed E-state index contributed by atoms with van der Waals surface area (Å²) in [7, 11) is 0. The predicted octanol–water partition coefficient (Wildman–Crippen LogP) is 3.98. The average Bonchev–Trinajstić information content (AvgIpc) is 3.15. The standard InChI is InChI=1S/C20H23FN2O/c21-19-10-4-3-7-17(19)11-13-23(15-16-6-5-12-22-14-16)20(24)18-8-1-2-9-18/h3-7,10,12,14,18H,1-2,8-9,11,13,15H2. The van der Waals surface area contributed by atoms with Gasteiger partial charge in [-0.05, 0) is 42.5 Å². The Kier molecular flexibility index (Phi) is 5.57. The van der Waals surface area contributed by atoms with Gasteiger partial charge in [-0.25, -0.2) is 4.39 Å². The summed E-state index contributed by atoms with van der Waals surface area (Å²) in [5.41, 5.74) is 1.67. The molecule has 1 aromatic carbocycles. The molecule has 1 aliphatic rings. The summed E-state index contributed by atoms with van der Waals surface area (Å²) in [6.45, 7) is 1.07. The molecular weight excluding hydrogens is 303 g/mol. The normalized spacial score (nSPS) is 14.7. The summed E-state index contributed by atoms with van der Waals surface area (Å²) < 4.78 is 13.9. The first kappa shape index (κ1) is 16.6. The molecule has 24 heavy (non-hydrogen) atoms. The minimum Gasteiger partial charge on any atom is -0.338 e. The van der Waals surface area contributed by atoms with Gasteiger partial charge in [0.2, 0.25) is 5.91 Å². The van der Waals surface area contributed by atoms with Gasteiger partial charge in [0.05, 0.1) is 0 Å². The van der Waals surface area contributed by atoms with Gasteiger partial charge in [-0.3, -0.25) is 9.78 Å². The Morgan fingerprint density at radius 2 is 1.96 bits per heavy atom. The maximum atomic E-state index is 13.9. The van der Waals surface area contributed by atoms with Gasteiger partial charge < -0.3 is 4.90 Å². The van der Waals surface area contributed by atoms with Crippen molar-refractivity contribution in [2.45, 2.75) is 38.6 Å². The van der Waals surface area contributed by atoms with Crippen molar-refractivity contribution >= 4 is 5.91 Å². The maximum absolute atomic E-state index is 13.9. The number of rotatable bonds is 6. The van der Waals surface area contributed by atoms with Gasteiger partial charge in [0, 0.05) is 31.4 Å². The molecule has 0 spiro atoms. The zero-order valence-corrected chi connectivity index (χ0v) is 13.8. The number of carbonyl (C=O) groups excluding carboxylic acids is 1. The molecule has 126 valence electrons. The van der Waals surface area contributed by atoms with E-state index < -0.39 is 0 Å². The van der Waals surface area contributed by atoms with Gasteiger partial charge in [0.15, 0.2) is 0 Å². The van der Waals surface area contributed by atoms with Crippen LogP contribution in [0.25, 0.3) is 0 Å². The number of aromatic nitrogens is 1. The van der Waals surface area contributed by atoms with Crippen LogP contribution in [0.15, 0.2) is 48.8 Å². The van der Waals surface area contributed by atoms with Crippen LogP contribution in [0.1, 0.15) is 36.8 Å². The van der Waals surface area contributed by atoms with E-state index >= 15 is 0 Å². The van der Waals surface area contributed by atoms with Crippen LogP contribution < -0.4 is 0 Å². The third kappa shape index (κ3) is 4.19. The number of nitrogens with zero attached hydrogens (tertiary/aromatic N) is 2. The van der Waals surface area contributed by atoms with Gasteiger partial charge in [0.1, 0.15) is 5.82 Å². The molecule has 3 nitrogen and oxygen atoms in total. The maximum Gasteiger partial charge on any atom is 0.225 e. The van der Waals surface area contributed by atoms with E-state index in [-0.39, 0.29) is 17.6 Å². The molecule has 0 unspecified atom stereocenters. The van der Waals surface area contributed by atoms with E-state index in [1.54, 1.807) is 24.5 Å². The first-order chi connectivity index (χ1) is 11.7. The van der Waals surface area contributed by atoms with Crippen molar-refractivity contribution in [1.82, 2.24) is 9.88 Å². The zero-order chi connectivity index (χ0) is 16.8. The van der Waals surface area contributed by atoms with E-state index in [0.29, 0.717) is 25.1 Å². The second-order valence-electron chi connectivity index (χ2n) is 6.44. The minimum absolute atomic E-state index is 0.127. The highest BCUT2D eigenvalue weighted by Gasteiger charge is 2.27. The Labute approximate surface area is 142 Å². The van der Waals surface area contributed by atoms with Gasteiger partial charge in [-0.1, -0.05) is 37.1 Å². The number of benzene rings is 1. The Bertz CT molecular complexity index is 668. The third-order valence-corrected chi connectivity index (χ3v) is 4.72. The first-order valence-electron chi connectivity index (χ1n) is 8.65. The van der Waals surface area contributed by atoms with E-state index in [1.807, 2.05) is 23.1 Å². The van der Waals surface area contributed by atoms with Gasteiger partial charge in [0.25, 0.3) is 0 Å². The average molecular weight is 326 g/mol. The molecule has 0 N–H and O–H groups in total. The summed E-state index contributed by atoms with van der Waals surface area (Å²) in [6, 6.07) is 10.6. The lowest BCUT2D eigenvalue weighted by molar-refractivity contribution is -0.136. The van der Waals surface area contributed by atoms with Gasteiger partial charge >= 0.3 is 0 Å². The van der Waals surface area contributed by atoms with Crippen LogP contribution >= 0.6 is 0 Å². The van der Waals surface area contributed by atoms with Crippen LogP contribution in [0.4, 0.5) is 4.39 Å². The second kappa shape index (κ2) is 8.04. The van der Waals surface area contributed by atoms with Crippen molar-refractivity contribution < 1.29 is 9.18 Å². The number of carbonyl (C=O) groups is 1. The molecule has 1 fully saturated rings. The molecule has 4 heteroatoms. The molecule has 0 saturated heterocycles. The van der Waals surface area contributed by atoms with E-state index in [9.17, 15) is 9.18 Å². The topological polar surface area (TPSA) is 33.2 Å². The minimum atomic E-state index is -0.202. The highest BCUT2D eigenvalue weighted by atomic mass is 19.1. The molecule has 1 saturated carbocycles. The van der Waals surface area contributed by atoms with Gasteiger partial charge in [-0.2, -0.15) is 0 Å². The molecular formula is C20H23FN2O. The van der Waals surface area contributed by atoms with Crippen LogP contribution in [0.3, 0.4) is 0 Å². The number of pyridine rings is 1. The summed E-state index contributed by atoms with van der Waals surface area (Å²) in [5, 5.41) is 0. The summed E-state index contributed by atoms with van der Waals surface area (Å²) in [4.78, 5) is 18.9. The molecule has 1 heterocycles. The monoisotopic (exact) mass is 326 g/mol. The quantitative estimate of drug-likeness (QED) is 0.804. The lowest BCUT2D eigenvalue weighted by Crippen LogP contribution is -2.36. The fourth-order valence-corrected chi connectivity index (χ4v) is 3.37. The zero-order valence-electron chi connectivity index (χ0n) is 13.8. The molecule has 0 atom stereocenters. The Morgan fingerprint density at radius 1 is 1.17 bits per heavy atom. The van der Waals surface area contributed by atoms with Crippen molar-refractivity contribution in [2.75, 3.05) is 6.54 Å². The van der Waals surface area contributed by atoms with Crippen LogP contribution in [0, 0.1) is 11.7 Å². The van der Waals surface area contributed by atoms with Crippen molar-refractivity contribution in [3.8, 4) is 0 Å². The number of halogens is 1. The summed E-state index contributed by atoms with van der Waals surface area (Å²) >= 11 is 0. The molecule has 1 aliphatic carbocycles. The molecule has 1 amide bonds. The van der Waals surface area contributed by atoms with Crippen molar-refractivity contribution in [3.05, 3.63) is 65.7 Å². The lowest BCUT2D eigenvalue weighted by Gasteiger charge is -2.26. The van der Waals surface area contributed by atoms with E-state index in [4.69, 9.17) is 0 Å². The molecule has 0 aliphatic heterocycles. The Hall–Kier alpha value is -2.23. The second-order valence-corrected chi connectivity index (χ2v) is 6.44. The van der Waals surface area contributed by atoms with Crippen LogP contribution in [-0.4, -0.2) is 22.3 Å². The number of hydrogen-bond donors (Lipinski definition) is 0. The summed E-state index contributed by atoms with van der Waals surface area (Å²) in [5.74, 6) is 0.127. The van der Waals surface area contributed by atoms with E-state index in [1.165, 1.54) is 6.07 Å². The Morgan fingerprint density at radius 3 is 2.67 bits per heavy atom. The molecule has 0 bridgehead atoms. The first-order valence-corrected chi connectivity index (χ1v) is 8.65. The Balaban J connectivity index is 1.71. The largest absolute Gasteiger partial charge is 0.338 e. The fraction of sp³-hybridized carbons (Fsp3) is 0.400. The smallest absolute Gasteiger partial charge is 0.225 e. The molecule has 2 aromatic rings. The molecule has 3 rings (SSSR count). The predicted molar refractivity (Wildman–Crippen MR) is 91.7 cm³/mol. The van der Waals surface area contributed by atoms with E-state index in [2.05, 4.69) is 4.98 Å². The van der Waals surface area contributed by atoms with Gasteiger partial charge in [-0.15, -0.1) is 0 Å².